The Morgan fingerprint density at radius 3 is 2.86 bits per heavy atom. The SMILES string of the molecule is CCNC(Cc1cccnc1N)c1cc2ccccc2o1. The Hall–Kier alpha value is -2.33. The summed E-state index contributed by atoms with van der Waals surface area (Å²) in [5.41, 5.74) is 7.89. The maximum Gasteiger partial charge on any atom is 0.134 e. The number of hydrogen-bond acceptors (Lipinski definition) is 4. The number of furan rings is 1. The lowest BCUT2D eigenvalue weighted by Gasteiger charge is -2.16. The van der Waals surface area contributed by atoms with Crippen LogP contribution in [0.3, 0.4) is 0 Å². The van der Waals surface area contributed by atoms with Crippen LogP contribution >= 0.6 is 0 Å². The molecule has 0 aliphatic rings. The monoisotopic (exact) mass is 281 g/mol. The van der Waals surface area contributed by atoms with Crippen LogP contribution in [0.25, 0.3) is 11.0 Å². The zero-order chi connectivity index (χ0) is 14.7. The minimum absolute atomic E-state index is 0.0916. The fraction of sp³-hybridized carbons (Fsp3) is 0.235. The van der Waals surface area contributed by atoms with Crippen LogP contribution in [0.15, 0.2) is 53.1 Å². The van der Waals surface area contributed by atoms with E-state index >= 15 is 0 Å². The van der Waals surface area contributed by atoms with Gasteiger partial charge in [-0.25, -0.2) is 4.98 Å². The van der Waals surface area contributed by atoms with Crippen LogP contribution in [-0.4, -0.2) is 11.5 Å². The van der Waals surface area contributed by atoms with Crippen molar-refractivity contribution in [2.45, 2.75) is 19.4 Å². The lowest BCUT2D eigenvalue weighted by atomic mass is 10.0. The van der Waals surface area contributed by atoms with E-state index in [1.807, 2.05) is 30.3 Å². The number of hydrogen-bond donors (Lipinski definition) is 2. The Balaban J connectivity index is 1.92. The molecule has 0 bridgehead atoms. The van der Waals surface area contributed by atoms with Crippen LogP contribution in [0.1, 0.15) is 24.3 Å². The van der Waals surface area contributed by atoms with Gasteiger partial charge in [-0.05, 0) is 36.7 Å². The summed E-state index contributed by atoms with van der Waals surface area (Å²) in [6.07, 6.45) is 2.47. The van der Waals surface area contributed by atoms with Crippen molar-refractivity contribution in [1.29, 1.82) is 0 Å². The molecule has 21 heavy (non-hydrogen) atoms. The first-order chi connectivity index (χ1) is 10.3. The van der Waals surface area contributed by atoms with Crippen LogP contribution in [0.4, 0.5) is 5.82 Å². The third-order valence-electron chi connectivity index (χ3n) is 3.59. The number of para-hydroxylation sites is 1. The maximum absolute atomic E-state index is 5.97. The molecule has 2 aromatic heterocycles. The molecular weight excluding hydrogens is 262 g/mol. The molecule has 0 spiro atoms. The van der Waals surface area contributed by atoms with E-state index in [1.165, 1.54) is 0 Å². The van der Waals surface area contributed by atoms with Crippen LogP contribution in [0.2, 0.25) is 0 Å². The lowest BCUT2D eigenvalue weighted by molar-refractivity contribution is 0.435. The highest BCUT2D eigenvalue weighted by Gasteiger charge is 2.17. The van der Waals surface area contributed by atoms with Gasteiger partial charge in [0.15, 0.2) is 0 Å². The number of nitrogens with zero attached hydrogens (tertiary/aromatic N) is 1. The topological polar surface area (TPSA) is 64.1 Å². The molecular formula is C17H19N3O. The van der Waals surface area contributed by atoms with E-state index < -0.39 is 0 Å². The van der Waals surface area contributed by atoms with Gasteiger partial charge >= 0.3 is 0 Å². The largest absolute Gasteiger partial charge is 0.459 e. The van der Waals surface area contributed by atoms with E-state index in [2.05, 4.69) is 29.4 Å². The molecule has 2 heterocycles. The summed E-state index contributed by atoms with van der Waals surface area (Å²) in [6, 6.07) is 14.1. The van der Waals surface area contributed by atoms with Crippen molar-refractivity contribution >= 4 is 16.8 Å². The van der Waals surface area contributed by atoms with Crippen LogP contribution in [0, 0.1) is 0 Å². The second kappa shape index (κ2) is 5.97. The molecule has 0 aliphatic heterocycles. The summed E-state index contributed by atoms with van der Waals surface area (Å²) in [5.74, 6) is 1.51. The summed E-state index contributed by atoms with van der Waals surface area (Å²) in [6.45, 7) is 2.95. The van der Waals surface area contributed by atoms with Gasteiger partial charge < -0.3 is 15.5 Å². The number of anilines is 1. The van der Waals surface area contributed by atoms with Gasteiger partial charge in [-0.1, -0.05) is 31.2 Å². The standard InChI is InChI=1S/C17H19N3O/c1-2-19-14(10-13-7-5-9-20-17(13)18)16-11-12-6-3-4-8-15(12)21-16/h3-9,11,14,19H,2,10H2,1H3,(H2,18,20). The number of rotatable bonds is 5. The molecule has 0 amide bonds. The van der Waals surface area contributed by atoms with Gasteiger partial charge in [-0.3, -0.25) is 0 Å². The Kier molecular flexibility index (Phi) is 3.88. The summed E-state index contributed by atoms with van der Waals surface area (Å²) in [5, 5.41) is 4.58. The Morgan fingerprint density at radius 2 is 2.10 bits per heavy atom. The third-order valence-corrected chi connectivity index (χ3v) is 3.59. The average molecular weight is 281 g/mol. The lowest BCUT2D eigenvalue weighted by Crippen LogP contribution is -2.23. The third kappa shape index (κ3) is 2.90. The highest BCUT2D eigenvalue weighted by atomic mass is 16.3. The van der Waals surface area contributed by atoms with E-state index in [0.29, 0.717) is 5.82 Å². The van der Waals surface area contributed by atoms with Crippen LogP contribution in [-0.2, 0) is 6.42 Å². The second-order valence-corrected chi connectivity index (χ2v) is 5.05. The van der Waals surface area contributed by atoms with Crippen molar-refractivity contribution in [3.05, 3.63) is 60.0 Å². The molecule has 0 fully saturated rings. The normalized spacial score (nSPS) is 12.6. The maximum atomic E-state index is 5.97. The van der Waals surface area contributed by atoms with Crippen molar-refractivity contribution in [3.63, 3.8) is 0 Å². The summed E-state index contributed by atoms with van der Waals surface area (Å²) < 4.78 is 5.97. The van der Waals surface area contributed by atoms with Crippen molar-refractivity contribution < 1.29 is 4.42 Å². The van der Waals surface area contributed by atoms with E-state index in [9.17, 15) is 0 Å². The Morgan fingerprint density at radius 1 is 1.24 bits per heavy atom. The van der Waals surface area contributed by atoms with Gasteiger partial charge in [0, 0.05) is 11.6 Å². The number of nitrogens with two attached hydrogens (primary N) is 1. The molecule has 3 N–H and O–H groups in total. The molecule has 0 aliphatic carbocycles. The molecule has 1 unspecified atom stereocenters. The zero-order valence-electron chi connectivity index (χ0n) is 12.0. The van der Waals surface area contributed by atoms with E-state index in [0.717, 1.165) is 35.3 Å². The van der Waals surface area contributed by atoms with Gasteiger partial charge in [-0.15, -0.1) is 0 Å². The predicted octanol–water partition coefficient (Wildman–Crippen LogP) is 3.30. The van der Waals surface area contributed by atoms with E-state index in [4.69, 9.17) is 10.2 Å². The van der Waals surface area contributed by atoms with Gasteiger partial charge in [-0.2, -0.15) is 0 Å². The Bertz CT molecular complexity index is 702. The first-order valence-corrected chi connectivity index (χ1v) is 7.19. The number of likely N-dealkylation sites (N-methyl/N-ethyl adjacent to an activating group) is 1. The number of aromatic nitrogens is 1. The molecule has 3 rings (SSSR count). The number of pyridine rings is 1. The number of fused-ring (bicyclic) bond motifs is 1. The molecule has 3 aromatic rings. The van der Waals surface area contributed by atoms with Crippen LogP contribution in [0.5, 0.6) is 0 Å². The molecule has 4 nitrogen and oxygen atoms in total. The summed E-state index contributed by atoms with van der Waals surface area (Å²) >= 11 is 0. The number of nitrogens with one attached hydrogen (secondary N) is 1. The molecule has 1 aromatic carbocycles. The minimum Gasteiger partial charge on any atom is -0.459 e. The molecule has 0 saturated heterocycles. The second-order valence-electron chi connectivity index (χ2n) is 5.05. The first kappa shape index (κ1) is 13.6. The quantitative estimate of drug-likeness (QED) is 0.753. The highest BCUT2D eigenvalue weighted by molar-refractivity contribution is 5.77. The van der Waals surface area contributed by atoms with E-state index in [-0.39, 0.29) is 6.04 Å². The zero-order valence-corrected chi connectivity index (χ0v) is 12.0. The average Bonchev–Trinajstić information content (AvgIpc) is 2.93. The first-order valence-electron chi connectivity index (χ1n) is 7.19. The van der Waals surface area contributed by atoms with Crippen molar-refractivity contribution in [2.75, 3.05) is 12.3 Å². The smallest absolute Gasteiger partial charge is 0.134 e. The summed E-state index contributed by atoms with van der Waals surface area (Å²) in [7, 11) is 0. The van der Waals surface area contributed by atoms with Crippen molar-refractivity contribution in [2.24, 2.45) is 0 Å². The molecule has 108 valence electrons. The molecule has 0 saturated carbocycles. The molecule has 1 atom stereocenters. The van der Waals surface area contributed by atoms with Gasteiger partial charge in [0.25, 0.3) is 0 Å². The fourth-order valence-corrected chi connectivity index (χ4v) is 2.54. The van der Waals surface area contributed by atoms with Crippen LogP contribution < -0.4 is 11.1 Å². The summed E-state index contributed by atoms with van der Waals surface area (Å²) in [4.78, 5) is 4.15. The molecule has 4 heteroatoms. The van der Waals surface area contributed by atoms with E-state index in [1.54, 1.807) is 6.20 Å². The van der Waals surface area contributed by atoms with Crippen molar-refractivity contribution in [3.8, 4) is 0 Å². The Labute approximate surface area is 124 Å². The number of nitrogen functional groups attached to an aromatic ring is 1. The molecule has 0 radical (unpaired) electrons. The van der Waals surface area contributed by atoms with Gasteiger partial charge in [0.05, 0.1) is 6.04 Å². The predicted molar refractivity (Wildman–Crippen MR) is 85.0 cm³/mol. The minimum atomic E-state index is 0.0916. The highest BCUT2D eigenvalue weighted by Crippen LogP contribution is 2.27. The van der Waals surface area contributed by atoms with Gasteiger partial charge in [0.1, 0.15) is 17.2 Å². The number of benzene rings is 1. The van der Waals surface area contributed by atoms with Gasteiger partial charge in [0.2, 0.25) is 0 Å². The fourth-order valence-electron chi connectivity index (χ4n) is 2.54. The van der Waals surface area contributed by atoms with Crippen molar-refractivity contribution in [1.82, 2.24) is 10.3 Å².